The van der Waals surface area contributed by atoms with E-state index in [4.69, 9.17) is 11.6 Å². The van der Waals surface area contributed by atoms with Crippen molar-refractivity contribution in [3.8, 4) is 0 Å². The molecule has 2 heterocycles. The molecule has 0 saturated heterocycles. The number of aromatic nitrogens is 3. The average molecular weight is 336 g/mol. The highest BCUT2D eigenvalue weighted by atomic mass is 35.5. The number of aromatic amines is 1. The SMILES string of the molecule is Cc1cc(=O)[nH]c(SCc2c(Cl)cncc2C(F)(F)F)n1. The zero-order chi connectivity index (χ0) is 15.6. The lowest BCUT2D eigenvalue weighted by Gasteiger charge is -2.13. The molecule has 0 atom stereocenters. The molecule has 0 fully saturated rings. The number of hydrogen-bond acceptors (Lipinski definition) is 4. The van der Waals surface area contributed by atoms with Crippen LogP contribution < -0.4 is 5.56 Å². The van der Waals surface area contributed by atoms with Crippen molar-refractivity contribution in [3.63, 3.8) is 0 Å². The summed E-state index contributed by atoms with van der Waals surface area (Å²) in [5.74, 6) is -0.0808. The lowest BCUT2D eigenvalue weighted by molar-refractivity contribution is -0.138. The van der Waals surface area contributed by atoms with E-state index in [9.17, 15) is 18.0 Å². The number of halogens is 4. The number of hydrogen-bond donors (Lipinski definition) is 1. The summed E-state index contributed by atoms with van der Waals surface area (Å²) in [6.45, 7) is 1.62. The number of thioether (sulfide) groups is 1. The molecule has 1 N–H and O–H groups in total. The molecule has 112 valence electrons. The summed E-state index contributed by atoms with van der Waals surface area (Å²) < 4.78 is 38.7. The van der Waals surface area contributed by atoms with E-state index in [0.29, 0.717) is 5.69 Å². The second kappa shape index (κ2) is 6.07. The Morgan fingerprint density at radius 1 is 1.38 bits per heavy atom. The first-order valence-corrected chi connectivity index (χ1v) is 7.04. The van der Waals surface area contributed by atoms with Crippen LogP contribution in [-0.4, -0.2) is 15.0 Å². The fourth-order valence-corrected chi connectivity index (χ4v) is 2.89. The largest absolute Gasteiger partial charge is 0.418 e. The molecule has 2 aromatic heterocycles. The van der Waals surface area contributed by atoms with E-state index in [1.807, 2.05) is 0 Å². The number of rotatable bonds is 3. The summed E-state index contributed by atoms with van der Waals surface area (Å²) in [5.41, 5.74) is -0.856. The molecule has 0 bridgehead atoms. The third-order valence-electron chi connectivity index (χ3n) is 2.51. The summed E-state index contributed by atoms with van der Waals surface area (Å²) >= 11 is 6.76. The van der Waals surface area contributed by atoms with Gasteiger partial charge >= 0.3 is 6.18 Å². The van der Waals surface area contributed by atoms with Crippen LogP contribution in [0, 0.1) is 6.92 Å². The third-order valence-corrected chi connectivity index (χ3v) is 3.74. The van der Waals surface area contributed by atoms with Crippen LogP contribution in [-0.2, 0) is 11.9 Å². The van der Waals surface area contributed by atoms with Crippen molar-refractivity contribution < 1.29 is 13.2 Å². The summed E-state index contributed by atoms with van der Waals surface area (Å²) in [6.07, 6.45) is -2.66. The molecule has 0 aromatic carbocycles. The van der Waals surface area contributed by atoms with Crippen LogP contribution in [0.3, 0.4) is 0 Å². The average Bonchev–Trinajstić information content (AvgIpc) is 2.34. The Kier molecular flexibility index (Phi) is 4.58. The Bertz CT molecular complexity index is 718. The molecule has 0 aliphatic heterocycles. The molecule has 2 rings (SSSR count). The van der Waals surface area contributed by atoms with Crippen LogP contribution in [0.2, 0.25) is 5.02 Å². The predicted molar refractivity (Wildman–Crippen MR) is 73.4 cm³/mol. The van der Waals surface area contributed by atoms with Crippen LogP contribution in [0.25, 0.3) is 0 Å². The van der Waals surface area contributed by atoms with Crippen molar-refractivity contribution >= 4 is 23.4 Å². The monoisotopic (exact) mass is 335 g/mol. The first-order valence-electron chi connectivity index (χ1n) is 5.67. The molecular weight excluding hydrogens is 327 g/mol. The Morgan fingerprint density at radius 2 is 2.10 bits per heavy atom. The van der Waals surface area contributed by atoms with Gasteiger partial charge in [0.05, 0.1) is 10.6 Å². The summed E-state index contributed by atoms with van der Waals surface area (Å²) in [5, 5.41) is 0.160. The highest BCUT2D eigenvalue weighted by molar-refractivity contribution is 7.98. The maximum Gasteiger partial charge on any atom is 0.418 e. The Hall–Kier alpha value is -1.54. The number of nitrogens with zero attached hydrogens (tertiary/aromatic N) is 2. The van der Waals surface area contributed by atoms with E-state index >= 15 is 0 Å². The zero-order valence-electron chi connectivity index (χ0n) is 10.7. The Morgan fingerprint density at radius 3 is 2.71 bits per heavy atom. The van der Waals surface area contributed by atoms with E-state index in [0.717, 1.165) is 24.2 Å². The minimum absolute atomic E-state index is 0.0766. The molecule has 0 aliphatic rings. The smallest absolute Gasteiger partial charge is 0.301 e. The molecule has 4 nitrogen and oxygen atoms in total. The van der Waals surface area contributed by atoms with Gasteiger partial charge in [-0.15, -0.1) is 0 Å². The van der Waals surface area contributed by atoms with E-state index in [1.54, 1.807) is 6.92 Å². The molecule has 0 spiro atoms. The molecule has 0 unspecified atom stereocenters. The molecule has 9 heteroatoms. The van der Waals surface area contributed by atoms with Gasteiger partial charge in [-0.3, -0.25) is 9.78 Å². The highest BCUT2D eigenvalue weighted by Crippen LogP contribution is 2.36. The van der Waals surface area contributed by atoms with E-state index in [1.165, 1.54) is 6.07 Å². The van der Waals surface area contributed by atoms with Gasteiger partial charge in [0.15, 0.2) is 5.16 Å². The van der Waals surface area contributed by atoms with Crippen LogP contribution in [0.4, 0.5) is 13.2 Å². The Balaban J connectivity index is 2.30. The van der Waals surface area contributed by atoms with E-state index in [2.05, 4.69) is 15.0 Å². The van der Waals surface area contributed by atoms with Gasteiger partial charge in [-0.1, -0.05) is 23.4 Å². The summed E-state index contributed by atoms with van der Waals surface area (Å²) in [6, 6.07) is 1.30. The van der Waals surface area contributed by atoms with E-state index < -0.39 is 11.7 Å². The fraction of sp³-hybridized carbons (Fsp3) is 0.250. The second-order valence-corrected chi connectivity index (χ2v) is 5.50. The van der Waals surface area contributed by atoms with E-state index in [-0.39, 0.29) is 27.1 Å². The predicted octanol–water partition coefficient (Wildman–Crippen LogP) is 3.44. The van der Waals surface area contributed by atoms with Crippen molar-refractivity contribution in [1.29, 1.82) is 0 Å². The number of nitrogens with one attached hydrogen (secondary N) is 1. The van der Waals surface area contributed by atoms with Gasteiger partial charge in [0.25, 0.3) is 5.56 Å². The van der Waals surface area contributed by atoms with Crippen molar-refractivity contribution in [2.75, 3.05) is 0 Å². The van der Waals surface area contributed by atoms with Crippen LogP contribution >= 0.6 is 23.4 Å². The summed E-state index contributed by atoms with van der Waals surface area (Å²) in [7, 11) is 0. The molecule has 0 amide bonds. The van der Waals surface area contributed by atoms with Gasteiger partial charge in [0.2, 0.25) is 0 Å². The first kappa shape index (κ1) is 15.8. The van der Waals surface area contributed by atoms with Gasteiger partial charge < -0.3 is 4.98 Å². The Labute approximate surface area is 126 Å². The third kappa shape index (κ3) is 3.98. The summed E-state index contributed by atoms with van der Waals surface area (Å²) in [4.78, 5) is 21.2. The maximum atomic E-state index is 12.9. The van der Waals surface area contributed by atoms with Crippen LogP contribution in [0.1, 0.15) is 16.8 Å². The van der Waals surface area contributed by atoms with Crippen molar-refractivity contribution in [3.05, 3.63) is 50.7 Å². The number of aryl methyl sites for hydroxylation is 1. The standard InChI is InChI=1S/C12H9ClF3N3OS/c1-6-2-10(20)19-11(18-6)21-5-7-8(12(14,15)16)3-17-4-9(7)13/h2-4H,5H2,1H3,(H,18,19,20). The molecule has 21 heavy (non-hydrogen) atoms. The van der Waals surface area contributed by atoms with Gasteiger partial charge in [-0.05, 0) is 12.5 Å². The second-order valence-electron chi connectivity index (χ2n) is 4.13. The van der Waals surface area contributed by atoms with Crippen molar-refractivity contribution in [2.45, 2.75) is 24.0 Å². The molecule has 0 radical (unpaired) electrons. The topological polar surface area (TPSA) is 58.6 Å². The highest BCUT2D eigenvalue weighted by Gasteiger charge is 2.34. The van der Waals surface area contributed by atoms with Gasteiger partial charge in [-0.25, -0.2) is 4.98 Å². The lowest BCUT2D eigenvalue weighted by atomic mass is 10.1. The van der Waals surface area contributed by atoms with Crippen LogP contribution in [0.15, 0.2) is 28.4 Å². The number of pyridine rings is 1. The quantitative estimate of drug-likeness (QED) is 0.689. The van der Waals surface area contributed by atoms with Crippen molar-refractivity contribution in [1.82, 2.24) is 15.0 Å². The molecular formula is C12H9ClF3N3OS. The fourth-order valence-electron chi connectivity index (χ4n) is 1.61. The number of alkyl halides is 3. The molecule has 2 aromatic rings. The molecule has 0 aliphatic carbocycles. The van der Waals surface area contributed by atoms with Gasteiger partial charge in [-0.2, -0.15) is 13.2 Å². The van der Waals surface area contributed by atoms with Gasteiger partial charge in [0, 0.05) is 29.9 Å². The minimum atomic E-state index is -4.54. The van der Waals surface area contributed by atoms with Gasteiger partial charge in [0.1, 0.15) is 0 Å². The normalized spacial score (nSPS) is 11.7. The molecule has 0 saturated carbocycles. The van der Waals surface area contributed by atoms with Crippen LogP contribution in [0.5, 0.6) is 0 Å². The number of H-pyrrole nitrogens is 1. The van der Waals surface area contributed by atoms with Crippen molar-refractivity contribution in [2.24, 2.45) is 0 Å². The first-order chi connectivity index (χ1) is 9.77. The zero-order valence-corrected chi connectivity index (χ0v) is 12.2. The minimum Gasteiger partial charge on any atom is -0.301 e. The maximum absolute atomic E-state index is 12.9. The lowest BCUT2D eigenvalue weighted by Crippen LogP contribution is -2.11.